The van der Waals surface area contributed by atoms with Crippen molar-refractivity contribution < 1.29 is 0 Å². The fourth-order valence-corrected chi connectivity index (χ4v) is 4.21. The van der Waals surface area contributed by atoms with Gasteiger partial charge in [-0.1, -0.05) is 30.3 Å². The van der Waals surface area contributed by atoms with Crippen molar-refractivity contribution in [2.75, 3.05) is 0 Å². The van der Waals surface area contributed by atoms with Crippen molar-refractivity contribution in [2.45, 2.75) is 6.92 Å². The molecule has 27 heavy (non-hydrogen) atoms. The Bertz CT molecular complexity index is 1210. The van der Waals surface area contributed by atoms with E-state index in [1.54, 1.807) is 36.4 Å². The summed E-state index contributed by atoms with van der Waals surface area (Å²) in [6.07, 6.45) is 6.84. The van der Waals surface area contributed by atoms with Gasteiger partial charge in [0.2, 0.25) is 0 Å². The van der Waals surface area contributed by atoms with Gasteiger partial charge in [0.05, 0.1) is 5.39 Å². The van der Waals surface area contributed by atoms with Crippen molar-refractivity contribution in [1.82, 2.24) is 29.7 Å². The smallest absolute Gasteiger partial charge is 0.164 e. The number of hydrogen-bond acceptors (Lipinski definition) is 6. The summed E-state index contributed by atoms with van der Waals surface area (Å²) >= 11 is 1.67. The molecule has 0 aliphatic rings. The molecule has 6 nitrogen and oxygen atoms in total. The normalized spacial score (nSPS) is 11.1. The number of hydrogen-bond donors (Lipinski definition) is 0. The van der Waals surface area contributed by atoms with Crippen LogP contribution in [0, 0.1) is 6.92 Å². The van der Waals surface area contributed by atoms with Crippen LogP contribution in [-0.2, 0) is 0 Å². The second-order valence-electron chi connectivity index (χ2n) is 6.06. The number of thiophene rings is 1. The molecule has 0 aliphatic carbocycles. The predicted molar refractivity (Wildman–Crippen MR) is 106 cm³/mol. The van der Waals surface area contributed by atoms with Gasteiger partial charge in [0, 0.05) is 28.4 Å². The first-order chi connectivity index (χ1) is 13.3. The van der Waals surface area contributed by atoms with Crippen LogP contribution in [0.3, 0.4) is 0 Å². The van der Waals surface area contributed by atoms with Crippen LogP contribution in [0.5, 0.6) is 0 Å². The maximum Gasteiger partial charge on any atom is 0.164 e. The molecule has 0 saturated heterocycles. The zero-order valence-electron chi connectivity index (χ0n) is 14.4. The molecule has 0 amide bonds. The van der Waals surface area contributed by atoms with Gasteiger partial charge in [-0.25, -0.2) is 9.97 Å². The molecule has 5 rings (SSSR count). The highest BCUT2D eigenvalue weighted by molar-refractivity contribution is 7.19. The van der Waals surface area contributed by atoms with Crippen LogP contribution >= 0.6 is 11.3 Å². The van der Waals surface area contributed by atoms with E-state index < -0.39 is 0 Å². The standard InChI is InChI=1S/C20H14N6S/c1-13-16(14-6-3-2-4-7-14)17-19(26-11-22-23-12-26)24-18(25-20(17)27-13)15-8-5-9-21-10-15/h2-12H,1H3. The van der Waals surface area contributed by atoms with E-state index in [-0.39, 0.29) is 0 Å². The van der Waals surface area contributed by atoms with Gasteiger partial charge in [0.1, 0.15) is 17.5 Å². The molecule has 0 atom stereocenters. The van der Waals surface area contributed by atoms with Crippen molar-refractivity contribution in [3.8, 4) is 28.3 Å². The zero-order chi connectivity index (χ0) is 18.2. The second kappa shape index (κ2) is 6.37. The quantitative estimate of drug-likeness (QED) is 0.473. The van der Waals surface area contributed by atoms with E-state index in [0.29, 0.717) is 5.82 Å². The summed E-state index contributed by atoms with van der Waals surface area (Å²) in [5.74, 6) is 1.41. The monoisotopic (exact) mass is 370 g/mol. The SMILES string of the molecule is Cc1sc2nc(-c3cccnc3)nc(-n3cnnc3)c2c1-c1ccccc1. The Morgan fingerprint density at radius 1 is 0.889 bits per heavy atom. The van der Waals surface area contributed by atoms with Crippen LogP contribution in [0.2, 0.25) is 0 Å². The lowest BCUT2D eigenvalue weighted by atomic mass is 10.0. The Kier molecular flexibility index (Phi) is 3.72. The van der Waals surface area contributed by atoms with E-state index in [9.17, 15) is 0 Å². The number of benzene rings is 1. The molecule has 0 unspecified atom stereocenters. The Morgan fingerprint density at radius 2 is 1.67 bits per heavy atom. The van der Waals surface area contributed by atoms with E-state index >= 15 is 0 Å². The van der Waals surface area contributed by atoms with Crippen molar-refractivity contribution in [1.29, 1.82) is 0 Å². The number of pyridine rings is 1. The maximum absolute atomic E-state index is 4.85. The molecule has 130 valence electrons. The first-order valence-electron chi connectivity index (χ1n) is 8.43. The highest BCUT2D eigenvalue weighted by Crippen LogP contribution is 2.40. The van der Waals surface area contributed by atoms with Crippen LogP contribution in [0.1, 0.15) is 4.88 Å². The number of rotatable bonds is 3. The van der Waals surface area contributed by atoms with E-state index in [1.165, 1.54) is 4.88 Å². The van der Waals surface area contributed by atoms with Crippen molar-refractivity contribution in [3.05, 3.63) is 72.4 Å². The highest BCUT2D eigenvalue weighted by atomic mass is 32.1. The van der Waals surface area contributed by atoms with Crippen LogP contribution in [-0.4, -0.2) is 29.7 Å². The summed E-state index contributed by atoms with van der Waals surface area (Å²) in [7, 11) is 0. The minimum Gasteiger partial charge on any atom is -0.271 e. The van der Waals surface area contributed by atoms with Crippen molar-refractivity contribution in [2.24, 2.45) is 0 Å². The Morgan fingerprint density at radius 3 is 2.41 bits per heavy atom. The summed E-state index contributed by atoms with van der Waals surface area (Å²) in [5, 5.41) is 8.93. The van der Waals surface area contributed by atoms with Gasteiger partial charge in [-0.05, 0) is 24.6 Å². The minimum atomic E-state index is 0.639. The number of fused-ring (bicyclic) bond motifs is 1. The lowest BCUT2D eigenvalue weighted by Gasteiger charge is -2.09. The first kappa shape index (κ1) is 15.8. The van der Waals surface area contributed by atoms with Gasteiger partial charge < -0.3 is 0 Å². The van der Waals surface area contributed by atoms with Gasteiger partial charge >= 0.3 is 0 Å². The molecule has 0 N–H and O–H groups in total. The predicted octanol–water partition coefficient (Wildman–Crippen LogP) is 4.31. The van der Waals surface area contributed by atoms with E-state index in [2.05, 4.69) is 34.2 Å². The van der Waals surface area contributed by atoms with E-state index in [0.717, 1.165) is 32.7 Å². The summed E-state index contributed by atoms with van der Waals surface area (Å²) < 4.78 is 1.84. The Balaban J connectivity index is 1.86. The first-order valence-corrected chi connectivity index (χ1v) is 9.25. The summed E-state index contributed by atoms with van der Waals surface area (Å²) in [6.45, 7) is 2.12. The molecule has 0 aliphatic heterocycles. The van der Waals surface area contributed by atoms with Crippen LogP contribution < -0.4 is 0 Å². The molecule has 0 fully saturated rings. The zero-order valence-corrected chi connectivity index (χ0v) is 15.3. The topological polar surface area (TPSA) is 69.4 Å². The minimum absolute atomic E-state index is 0.639. The number of aryl methyl sites for hydroxylation is 1. The number of nitrogens with zero attached hydrogens (tertiary/aromatic N) is 6. The van der Waals surface area contributed by atoms with Gasteiger partial charge in [0.25, 0.3) is 0 Å². The lowest BCUT2D eigenvalue weighted by Crippen LogP contribution is -2.00. The molecule has 5 aromatic rings. The average Bonchev–Trinajstić information content (AvgIpc) is 3.36. The van der Waals surface area contributed by atoms with Crippen molar-refractivity contribution >= 4 is 21.6 Å². The third-order valence-electron chi connectivity index (χ3n) is 4.35. The van der Waals surface area contributed by atoms with Crippen LogP contribution in [0.4, 0.5) is 0 Å². The summed E-state index contributed by atoms with van der Waals surface area (Å²) in [4.78, 5) is 16.0. The molecule has 0 spiro atoms. The average molecular weight is 370 g/mol. The summed E-state index contributed by atoms with van der Waals surface area (Å²) in [5.41, 5.74) is 3.17. The molecular formula is C20H14N6S. The Hall–Kier alpha value is -3.45. The van der Waals surface area contributed by atoms with Gasteiger partial charge in [-0.15, -0.1) is 21.5 Å². The lowest BCUT2D eigenvalue weighted by molar-refractivity contribution is 0.996. The van der Waals surface area contributed by atoms with E-state index in [1.807, 2.05) is 34.9 Å². The van der Waals surface area contributed by atoms with Gasteiger partial charge in [-0.2, -0.15) is 0 Å². The fraction of sp³-hybridized carbons (Fsp3) is 0.0500. The third-order valence-corrected chi connectivity index (χ3v) is 5.35. The van der Waals surface area contributed by atoms with E-state index in [4.69, 9.17) is 9.97 Å². The van der Waals surface area contributed by atoms with Crippen LogP contribution in [0.25, 0.3) is 38.5 Å². The molecule has 0 saturated carbocycles. The molecule has 0 radical (unpaired) electrons. The second-order valence-corrected chi connectivity index (χ2v) is 7.26. The molecular weight excluding hydrogens is 356 g/mol. The fourth-order valence-electron chi connectivity index (χ4n) is 3.17. The molecule has 4 heterocycles. The number of aromatic nitrogens is 6. The highest BCUT2D eigenvalue weighted by Gasteiger charge is 2.20. The maximum atomic E-state index is 4.85. The summed E-state index contributed by atoms with van der Waals surface area (Å²) in [6, 6.07) is 14.2. The Labute approximate surface area is 159 Å². The van der Waals surface area contributed by atoms with Gasteiger partial charge in [0.15, 0.2) is 11.6 Å². The molecule has 4 aromatic heterocycles. The molecule has 7 heteroatoms. The van der Waals surface area contributed by atoms with Gasteiger partial charge in [-0.3, -0.25) is 9.55 Å². The van der Waals surface area contributed by atoms with Crippen molar-refractivity contribution in [3.63, 3.8) is 0 Å². The largest absolute Gasteiger partial charge is 0.271 e. The van der Waals surface area contributed by atoms with Crippen LogP contribution in [0.15, 0.2) is 67.5 Å². The molecule has 0 bridgehead atoms. The third kappa shape index (κ3) is 2.69. The molecule has 1 aromatic carbocycles.